The fraction of sp³-hybridized carbons (Fsp3) is 0.385. The van der Waals surface area contributed by atoms with Gasteiger partial charge in [-0.15, -0.1) is 0 Å². The molecule has 0 saturated heterocycles. The third-order valence-corrected chi connectivity index (χ3v) is 2.63. The van der Waals surface area contributed by atoms with Gasteiger partial charge in [0.05, 0.1) is 18.3 Å². The molecule has 0 saturated carbocycles. The molecule has 0 aromatic carbocycles. The second kappa shape index (κ2) is 5.46. The van der Waals surface area contributed by atoms with E-state index in [1.54, 1.807) is 0 Å². The van der Waals surface area contributed by atoms with Crippen molar-refractivity contribution in [2.45, 2.75) is 19.9 Å². The summed E-state index contributed by atoms with van der Waals surface area (Å²) >= 11 is 0. The van der Waals surface area contributed by atoms with Gasteiger partial charge in [0.25, 0.3) is 0 Å². The van der Waals surface area contributed by atoms with E-state index in [4.69, 9.17) is 5.26 Å². The zero-order chi connectivity index (χ0) is 12.1. The first-order chi connectivity index (χ1) is 8.33. The third kappa shape index (κ3) is 2.83. The maximum Gasteiger partial charge on any atom is 0.137 e. The van der Waals surface area contributed by atoms with Gasteiger partial charge in [0, 0.05) is 18.9 Å². The fourth-order valence-electron chi connectivity index (χ4n) is 1.92. The van der Waals surface area contributed by atoms with E-state index >= 15 is 0 Å². The van der Waals surface area contributed by atoms with Crippen LogP contribution in [0.3, 0.4) is 0 Å². The molecule has 2 aromatic heterocycles. The number of hydrogen-bond donors (Lipinski definition) is 0. The van der Waals surface area contributed by atoms with Gasteiger partial charge in [0.1, 0.15) is 5.65 Å². The van der Waals surface area contributed by atoms with Crippen molar-refractivity contribution in [3.63, 3.8) is 0 Å². The van der Waals surface area contributed by atoms with Gasteiger partial charge < -0.3 is 4.40 Å². The molecule has 17 heavy (non-hydrogen) atoms. The second-order valence-electron chi connectivity index (χ2n) is 4.07. The van der Waals surface area contributed by atoms with Crippen LogP contribution in [-0.2, 0) is 6.54 Å². The Bertz CT molecular complexity index is 490. The highest BCUT2D eigenvalue weighted by Crippen LogP contribution is 2.07. The summed E-state index contributed by atoms with van der Waals surface area (Å²) in [5, 5.41) is 8.76. The molecule has 0 aliphatic carbocycles. The van der Waals surface area contributed by atoms with Gasteiger partial charge in [-0.25, -0.2) is 4.98 Å². The number of nitrogens with zero attached hydrogens (tertiary/aromatic N) is 4. The van der Waals surface area contributed by atoms with Crippen molar-refractivity contribution < 1.29 is 0 Å². The highest BCUT2D eigenvalue weighted by Gasteiger charge is 2.07. The number of nitriles is 1. The van der Waals surface area contributed by atoms with E-state index in [9.17, 15) is 0 Å². The summed E-state index contributed by atoms with van der Waals surface area (Å²) in [4.78, 5) is 6.64. The summed E-state index contributed by atoms with van der Waals surface area (Å²) in [6, 6.07) is 8.14. The molecule has 2 aromatic rings. The van der Waals surface area contributed by atoms with E-state index in [-0.39, 0.29) is 0 Å². The lowest BCUT2D eigenvalue weighted by Crippen LogP contribution is -2.24. The zero-order valence-corrected chi connectivity index (χ0v) is 10.0. The summed E-state index contributed by atoms with van der Waals surface area (Å²) in [5.74, 6) is 0. The maximum absolute atomic E-state index is 8.76. The van der Waals surface area contributed by atoms with Crippen molar-refractivity contribution >= 4 is 5.65 Å². The molecule has 0 aliphatic heterocycles. The molecular formula is C13H16N4. The van der Waals surface area contributed by atoms with Crippen molar-refractivity contribution in [3.05, 3.63) is 36.3 Å². The molecule has 0 radical (unpaired) electrons. The summed E-state index contributed by atoms with van der Waals surface area (Å²) in [6.07, 6.45) is 5.06. The van der Waals surface area contributed by atoms with Crippen LogP contribution in [0.1, 0.15) is 19.0 Å². The first kappa shape index (κ1) is 11.6. The van der Waals surface area contributed by atoms with E-state index in [0.29, 0.717) is 6.54 Å². The van der Waals surface area contributed by atoms with Gasteiger partial charge in [-0.05, 0) is 25.1 Å². The van der Waals surface area contributed by atoms with Crippen LogP contribution in [0.2, 0.25) is 0 Å². The molecule has 0 fully saturated rings. The van der Waals surface area contributed by atoms with E-state index in [1.165, 1.54) is 0 Å². The molecule has 0 unspecified atom stereocenters. The Kier molecular flexibility index (Phi) is 3.73. The lowest BCUT2D eigenvalue weighted by molar-refractivity contribution is 0.295. The topological polar surface area (TPSA) is 44.3 Å². The van der Waals surface area contributed by atoms with Crippen LogP contribution in [0.4, 0.5) is 0 Å². The van der Waals surface area contributed by atoms with E-state index < -0.39 is 0 Å². The molecular weight excluding hydrogens is 212 g/mol. The standard InChI is InChI=1S/C13H16N4/c1-2-7-16(9-6-14)10-12-11-17-8-4-3-5-13(17)15-12/h3-5,8,11H,2,7,9-10H2,1H3. The van der Waals surface area contributed by atoms with E-state index in [2.05, 4.69) is 22.9 Å². The average Bonchev–Trinajstić information content (AvgIpc) is 2.71. The average molecular weight is 228 g/mol. The molecule has 0 N–H and O–H groups in total. The number of aromatic nitrogens is 2. The SMILES string of the molecule is CCCN(CC#N)Cc1cn2ccccc2n1. The van der Waals surface area contributed by atoms with Crippen molar-refractivity contribution in [2.75, 3.05) is 13.1 Å². The largest absolute Gasteiger partial charge is 0.307 e. The fourth-order valence-corrected chi connectivity index (χ4v) is 1.92. The van der Waals surface area contributed by atoms with Crippen LogP contribution < -0.4 is 0 Å². The van der Waals surface area contributed by atoms with Gasteiger partial charge in [0.2, 0.25) is 0 Å². The zero-order valence-electron chi connectivity index (χ0n) is 10.0. The van der Waals surface area contributed by atoms with Crippen molar-refractivity contribution in [1.29, 1.82) is 5.26 Å². The Morgan fingerprint density at radius 3 is 3.06 bits per heavy atom. The number of imidazole rings is 1. The normalized spacial score (nSPS) is 10.9. The quantitative estimate of drug-likeness (QED) is 0.736. The summed E-state index contributed by atoms with van der Waals surface area (Å²) in [5.41, 5.74) is 1.97. The minimum atomic E-state index is 0.460. The molecule has 0 atom stereocenters. The summed E-state index contributed by atoms with van der Waals surface area (Å²) in [7, 11) is 0. The maximum atomic E-state index is 8.76. The lowest BCUT2D eigenvalue weighted by atomic mass is 10.3. The van der Waals surface area contributed by atoms with Crippen molar-refractivity contribution in [3.8, 4) is 6.07 Å². The van der Waals surface area contributed by atoms with Gasteiger partial charge >= 0.3 is 0 Å². The molecule has 4 nitrogen and oxygen atoms in total. The van der Waals surface area contributed by atoms with Crippen LogP contribution >= 0.6 is 0 Å². The molecule has 4 heteroatoms. The number of hydrogen-bond acceptors (Lipinski definition) is 3. The van der Waals surface area contributed by atoms with Gasteiger partial charge in [-0.2, -0.15) is 5.26 Å². The Morgan fingerprint density at radius 2 is 2.35 bits per heavy atom. The molecule has 2 heterocycles. The molecule has 2 rings (SSSR count). The van der Waals surface area contributed by atoms with E-state index in [0.717, 1.165) is 30.9 Å². The van der Waals surface area contributed by atoms with Crippen molar-refractivity contribution in [2.24, 2.45) is 0 Å². The Labute approximate surface area is 101 Å². The number of fused-ring (bicyclic) bond motifs is 1. The first-order valence-electron chi connectivity index (χ1n) is 5.85. The second-order valence-corrected chi connectivity index (χ2v) is 4.07. The van der Waals surface area contributed by atoms with Gasteiger partial charge in [-0.1, -0.05) is 13.0 Å². The monoisotopic (exact) mass is 228 g/mol. The van der Waals surface area contributed by atoms with Crippen LogP contribution in [0.15, 0.2) is 30.6 Å². The molecule has 88 valence electrons. The van der Waals surface area contributed by atoms with Crippen LogP contribution in [0.25, 0.3) is 5.65 Å². The molecule has 0 spiro atoms. The first-order valence-corrected chi connectivity index (χ1v) is 5.85. The summed E-state index contributed by atoms with van der Waals surface area (Å²) in [6.45, 7) is 4.25. The van der Waals surface area contributed by atoms with Crippen molar-refractivity contribution in [1.82, 2.24) is 14.3 Å². The Morgan fingerprint density at radius 1 is 1.47 bits per heavy atom. The highest BCUT2D eigenvalue weighted by molar-refractivity contribution is 5.39. The molecule has 0 bridgehead atoms. The predicted octanol–water partition coefficient (Wildman–Crippen LogP) is 2.07. The van der Waals surface area contributed by atoms with Crippen LogP contribution in [0.5, 0.6) is 0 Å². The highest BCUT2D eigenvalue weighted by atomic mass is 15.1. The summed E-state index contributed by atoms with van der Waals surface area (Å²) < 4.78 is 2.01. The van der Waals surface area contributed by atoms with Crippen LogP contribution in [0, 0.1) is 11.3 Å². The predicted molar refractivity (Wildman–Crippen MR) is 66.4 cm³/mol. The lowest BCUT2D eigenvalue weighted by Gasteiger charge is -2.16. The van der Waals surface area contributed by atoms with Gasteiger partial charge in [-0.3, -0.25) is 4.90 Å². The smallest absolute Gasteiger partial charge is 0.137 e. The van der Waals surface area contributed by atoms with E-state index in [1.807, 2.05) is 35.0 Å². The van der Waals surface area contributed by atoms with Gasteiger partial charge in [0.15, 0.2) is 0 Å². The Hall–Kier alpha value is -1.86. The number of pyridine rings is 1. The van der Waals surface area contributed by atoms with Crippen LogP contribution in [-0.4, -0.2) is 27.4 Å². The minimum Gasteiger partial charge on any atom is -0.307 e. The molecule has 0 aliphatic rings. The minimum absolute atomic E-state index is 0.460. The number of rotatable bonds is 5. The Balaban J connectivity index is 2.13. The molecule has 0 amide bonds. The third-order valence-electron chi connectivity index (χ3n) is 2.63.